The van der Waals surface area contributed by atoms with Crippen LogP contribution in [0.4, 0.5) is 4.79 Å². The zero-order chi connectivity index (χ0) is 9.26. The standard InChI is InChI=1S/C9H16N2O2/c12-7-6-10-4-1-5-11(9(10)13)8-2-3-8/h8,12H,1-7H2. The van der Waals surface area contributed by atoms with Crippen molar-refractivity contribution in [2.45, 2.75) is 25.3 Å². The molecule has 2 amide bonds. The van der Waals surface area contributed by atoms with Crippen LogP contribution in [-0.4, -0.2) is 53.2 Å². The van der Waals surface area contributed by atoms with Crippen LogP contribution in [0, 0.1) is 0 Å². The van der Waals surface area contributed by atoms with E-state index in [1.54, 1.807) is 4.90 Å². The molecule has 4 nitrogen and oxygen atoms in total. The maximum atomic E-state index is 11.7. The van der Waals surface area contributed by atoms with Crippen molar-refractivity contribution in [1.82, 2.24) is 9.80 Å². The minimum Gasteiger partial charge on any atom is -0.395 e. The van der Waals surface area contributed by atoms with Gasteiger partial charge in [-0.2, -0.15) is 0 Å². The Morgan fingerprint density at radius 1 is 1.38 bits per heavy atom. The van der Waals surface area contributed by atoms with E-state index in [9.17, 15) is 4.79 Å². The molecule has 1 saturated carbocycles. The number of nitrogens with zero attached hydrogens (tertiary/aromatic N) is 2. The first-order valence-corrected chi connectivity index (χ1v) is 4.99. The average Bonchev–Trinajstić information content (AvgIpc) is 2.92. The van der Waals surface area contributed by atoms with Crippen molar-refractivity contribution in [3.8, 4) is 0 Å². The monoisotopic (exact) mass is 184 g/mol. The Labute approximate surface area is 78.1 Å². The summed E-state index contributed by atoms with van der Waals surface area (Å²) in [6.07, 6.45) is 3.37. The molecule has 2 fully saturated rings. The Kier molecular flexibility index (Phi) is 2.40. The van der Waals surface area contributed by atoms with Gasteiger partial charge in [0.15, 0.2) is 0 Å². The number of hydrogen-bond donors (Lipinski definition) is 1. The third-order valence-electron chi connectivity index (χ3n) is 2.70. The first-order valence-electron chi connectivity index (χ1n) is 4.99. The van der Waals surface area contributed by atoms with Gasteiger partial charge in [0.1, 0.15) is 0 Å². The van der Waals surface area contributed by atoms with E-state index in [1.807, 2.05) is 4.90 Å². The number of urea groups is 1. The Bertz CT molecular complexity index is 202. The number of β-amino-alcohol motifs (C(OH)–C–C–N with tert-alkyl or cyclic N) is 1. The number of rotatable bonds is 3. The smallest absolute Gasteiger partial charge is 0.320 e. The summed E-state index contributed by atoms with van der Waals surface area (Å²) in [7, 11) is 0. The van der Waals surface area contributed by atoms with Crippen molar-refractivity contribution >= 4 is 6.03 Å². The predicted molar refractivity (Wildman–Crippen MR) is 48.4 cm³/mol. The van der Waals surface area contributed by atoms with Crippen molar-refractivity contribution in [2.75, 3.05) is 26.2 Å². The first-order chi connectivity index (χ1) is 6.33. The molecular formula is C9H16N2O2. The maximum absolute atomic E-state index is 11.7. The van der Waals surface area contributed by atoms with Crippen LogP contribution in [0.2, 0.25) is 0 Å². The van der Waals surface area contributed by atoms with E-state index >= 15 is 0 Å². The highest BCUT2D eigenvalue weighted by Gasteiger charge is 2.36. The summed E-state index contributed by atoms with van der Waals surface area (Å²) in [5.41, 5.74) is 0. The third kappa shape index (κ3) is 1.77. The van der Waals surface area contributed by atoms with Crippen LogP contribution < -0.4 is 0 Å². The lowest BCUT2D eigenvalue weighted by molar-refractivity contribution is 0.114. The van der Waals surface area contributed by atoms with Gasteiger partial charge in [0, 0.05) is 25.7 Å². The van der Waals surface area contributed by atoms with Crippen LogP contribution in [0.1, 0.15) is 19.3 Å². The van der Waals surface area contributed by atoms with E-state index in [2.05, 4.69) is 0 Å². The molecule has 1 N–H and O–H groups in total. The molecule has 4 heteroatoms. The Hall–Kier alpha value is -0.770. The van der Waals surface area contributed by atoms with Gasteiger partial charge in [-0.25, -0.2) is 4.79 Å². The molecule has 0 atom stereocenters. The number of aliphatic hydroxyl groups is 1. The number of amides is 2. The van der Waals surface area contributed by atoms with Crippen molar-refractivity contribution in [3.63, 3.8) is 0 Å². The molecule has 0 aromatic rings. The number of aliphatic hydroxyl groups excluding tert-OH is 1. The maximum Gasteiger partial charge on any atom is 0.320 e. The number of hydrogen-bond acceptors (Lipinski definition) is 2. The summed E-state index contributed by atoms with van der Waals surface area (Å²) in [5, 5.41) is 8.76. The SMILES string of the molecule is O=C1N(CCO)CCCN1C1CC1. The largest absolute Gasteiger partial charge is 0.395 e. The van der Waals surface area contributed by atoms with Crippen LogP contribution in [-0.2, 0) is 0 Å². The lowest BCUT2D eigenvalue weighted by atomic mass is 10.3. The predicted octanol–water partition coefficient (Wildman–Crippen LogP) is 0.269. The molecule has 0 bridgehead atoms. The van der Waals surface area contributed by atoms with Gasteiger partial charge in [-0.3, -0.25) is 0 Å². The summed E-state index contributed by atoms with van der Waals surface area (Å²) in [5.74, 6) is 0. The molecule has 74 valence electrons. The summed E-state index contributed by atoms with van der Waals surface area (Å²) in [6, 6.07) is 0.636. The van der Waals surface area contributed by atoms with Gasteiger partial charge in [-0.1, -0.05) is 0 Å². The summed E-state index contributed by atoms with van der Waals surface area (Å²) in [4.78, 5) is 15.4. The molecular weight excluding hydrogens is 168 g/mol. The minimum absolute atomic E-state index is 0.0737. The fourth-order valence-corrected chi connectivity index (χ4v) is 1.86. The topological polar surface area (TPSA) is 43.8 Å². The molecule has 0 spiro atoms. The molecule has 1 aliphatic heterocycles. The number of carbonyl (C=O) groups excluding carboxylic acids is 1. The van der Waals surface area contributed by atoms with E-state index in [1.165, 1.54) is 12.8 Å². The van der Waals surface area contributed by atoms with Crippen LogP contribution in [0.3, 0.4) is 0 Å². The zero-order valence-corrected chi connectivity index (χ0v) is 7.78. The molecule has 1 aliphatic carbocycles. The molecule has 0 aromatic carbocycles. The molecule has 0 radical (unpaired) electrons. The third-order valence-corrected chi connectivity index (χ3v) is 2.70. The fourth-order valence-electron chi connectivity index (χ4n) is 1.86. The Morgan fingerprint density at radius 2 is 2.15 bits per heavy atom. The first kappa shape index (κ1) is 8.81. The lowest BCUT2D eigenvalue weighted by Gasteiger charge is -2.35. The lowest BCUT2D eigenvalue weighted by Crippen LogP contribution is -2.50. The van der Waals surface area contributed by atoms with Gasteiger partial charge >= 0.3 is 6.03 Å². The van der Waals surface area contributed by atoms with E-state index in [4.69, 9.17) is 5.11 Å². The Balaban J connectivity index is 1.94. The van der Waals surface area contributed by atoms with Crippen LogP contribution in [0.25, 0.3) is 0 Å². The quantitative estimate of drug-likeness (QED) is 0.684. The molecule has 1 saturated heterocycles. The van der Waals surface area contributed by atoms with Crippen LogP contribution in [0.5, 0.6) is 0 Å². The molecule has 2 rings (SSSR count). The molecule has 2 aliphatic rings. The van der Waals surface area contributed by atoms with Gasteiger partial charge in [-0.15, -0.1) is 0 Å². The van der Waals surface area contributed by atoms with Gasteiger partial charge < -0.3 is 14.9 Å². The van der Waals surface area contributed by atoms with Crippen molar-refractivity contribution in [2.24, 2.45) is 0 Å². The summed E-state index contributed by atoms with van der Waals surface area (Å²) < 4.78 is 0. The molecule has 1 heterocycles. The normalized spacial score (nSPS) is 23.9. The number of carbonyl (C=O) groups is 1. The van der Waals surface area contributed by atoms with Crippen molar-refractivity contribution in [1.29, 1.82) is 0 Å². The van der Waals surface area contributed by atoms with E-state index in [-0.39, 0.29) is 12.6 Å². The van der Waals surface area contributed by atoms with E-state index in [0.717, 1.165) is 19.5 Å². The highest BCUT2D eigenvalue weighted by atomic mass is 16.3. The van der Waals surface area contributed by atoms with Gasteiger partial charge in [0.05, 0.1) is 6.61 Å². The fraction of sp³-hybridized carbons (Fsp3) is 0.889. The van der Waals surface area contributed by atoms with Crippen LogP contribution >= 0.6 is 0 Å². The summed E-state index contributed by atoms with van der Waals surface area (Å²) >= 11 is 0. The second-order valence-corrected chi connectivity index (χ2v) is 3.77. The van der Waals surface area contributed by atoms with Crippen molar-refractivity contribution < 1.29 is 9.90 Å². The van der Waals surface area contributed by atoms with Crippen molar-refractivity contribution in [3.05, 3.63) is 0 Å². The van der Waals surface area contributed by atoms with E-state index in [0.29, 0.717) is 12.6 Å². The van der Waals surface area contributed by atoms with Gasteiger partial charge in [0.25, 0.3) is 0 Å². The molecule has 13 heavy (non-hydrogen) atoms. The second-order valence-electron chi connectivity index (χ2n) is 3.77. The molecule has 0 aromatic heterocycles. The van der Waals surface area contributed by atoms with E-state index < -0.39 is 0 Å². The van der Waals surface area contributed by atoms with Gasteiger partial charge in [0.2, 0.25) is 0 Å². The van der Waals surface area contributed by atoms with Gasteiger partial charge in [-0.05, 0) is 19.3 Å². The zero-order valence-electron chi connectivity index (χ0n) is 7.78. The molecule has 0 unspecified atom stereocenters. The Morgan fingerprint density at radius 3 is 2.77 bits per heavy atom. The second kappa shape index (κ2) is 3.54. The average molecular weight is 184 g/mol. The van der Waals surface area contributed by atoms with Crippen LogP contribution in [0.15, 0.2) is 0 Å². The highest BCUT2D eigenvalue weighted by Crippen LogP contribution is 2.29. The highest BCUT2D eigenvalue weighted by molar-refractivity contribution is 5.75. The minimum atomic E-state index is 0.0737. The summed E-state index contributed by atoms with van der Waals surface area (Å²) in [6.45, 7) is 2.28.